The summed E-state index contributed by atoms with van der Waals surface area (Å²) in [6.07, 6.45) is 4.68. The molecule has 0 spiro atoms. The summed E-state index contributed by atoms with van der Waals surface area (Å²) >= 11 is 0. The normalized spacial score (nSPS) is 37.2. The molecule has 0 amide bonds. The van der Waals surface area contributed by atoms with Crippen molar-refractivity contribution in [2.75, 3.05) is 7.11 Å². The van der Waals surface area contributed by atoms with Gasteiger partial charge in [-0.15, -0.1) is 12.3 Å². The molecule has 0 aromatic heterocycles. The maximum absolute atomic E-state index is 11.3. The summed E-state index contributed by atoms with van der Waals surface area (Å²) in [6.45, 7) is 0. The Labute approximate surface area is 100 Å². The van der Waals surface area contributed by atoms with Gasteiger partial charge in [0.1, 0.15) is 0 Å². The molecule has 2 aliphatic rings. The number of aliphatic hydroxyl groups excluding tert-OH is 1. The van der Waals surface area contributed by atoms with Crippen LogP contribution in [0.25, 0.3) is 0 Å². The van der Waals surface area contributed by atoms with Crippen molar-refractivity contribution < 1.29 is 24.1 Å². The molecule has 0 unspecified atom stereocenters. The number of ether oxygens (including phenoxy) is 3. The van der Waals surface area contributed by atoms with Gasteiger partial charge < -0.3 is 19.3 Å². The van der Waals surface area contributed by atoms with Gasteiger partial charge in [0.15, 0.2) is 6.10 Å². The van der Waals surface area contributed by atoms with Gasteiger partial charge in [-0.3, -0.25) is 0 Å². The van der Waals surface area contributed by atoms with Crippen molar-refractivity contribution in [2.45, 2.75) is 49.8 Å². The molecule has 1 N–H and O–H groups in total. The Morgan fingerprint density at radius 1 is 1.53 bits per heavy atom. The first-order valence-corrected chi connectivity index (χ1v) is 5.66. The highest BCUT2D eigenvalue weighted by atomic mass is 16.6. The van der Waals surface area contributed by atoms with Gasteiger partial charge in [-0.05, 0) is 0 Å². The van der Waals surface area contributed by atoms with Crippen molar-refractivity contribution in [3.8, 4) is 12.3 Å². The number of methoxy groups -OCH3 is 1. The lowest BCUT2D eigenvalue weighted by Gasteiger charge is -2.17. The number of esters is 1. The third-order valence-corrected chi connectivity index (χ3v) is 3.23. The van der Waals surface area contributed by atoms with Gasteiger partial charge in [-0.1, -0.05) is 0 Å². The smallest absolute Gasteiger partial charge is 0.335 e. The molecular formula is C12H16O5. The van der Waals surface area contributed by atoms with E-state index in [9.17, 15) is 9.90 Å². The first-order valence-electron chi connectivity index (χ1n) is 5.66. The molecule has 0 aliphatic carbocycles. The van der Waals surface area contributed by atoms with E-state index in [2.05, 4.69) is 10.7 Å². The fourth-order valence-electron chi connectivity index (χ4n) is 2.36. The monoisotopic (exact) mass is 240 g/mol. The van der Waals surface area contributed by atoms with Crippen LogP contribution in [0.1, 0.15) is 19.3 Å². The molecule has 5 nitrogen and oxygen atoms in total. The maximum Gasteiger partial charge on any atom is 0.335 e. The second-order valence-corrected chi connectivity index (χ2v) is 4.35. The van der Waals surface area contributed by atoms with E-state index >= 15 is 0 Å². The average Bonchev–Trinajstić information content (AvgIpc) is 2.85. The second kappa shape index (κ2) is 5.05. The average molecular weight is 240 g/mol. The number of carbonyl (C=O) groups is 1. The van der Waals surface area contributed by atoms with Crippen LogP contribution in [0.5, 0.6) is 0 Å². The van der Waals surface area contributed by atoms with E-state index in [1.807, 2.05) is 0 Å². The van der Waals surface area contributed by atoms with Gasteiger partial charge in [0, 0.05) is 19.3 Å². The van der Waals surface area contributed by atoms with Gasteiger partial charge in [-0.25, -0.2) is 4.79 Å². The van der Waals surface area contributed by atoms with Crippen LogP contribution in [0, 0.1) is 12.3 Å². The molecule has 2 rings (SSSR count). The van der Waals surface area contributed by atoms with Crippen molar-refractivity contribution >= 4 is 5.97 Å². The predicted molar refractivity (Wildman–Crippen MR) is 58.0 cm³/mol. The van der Waals surface area contributed by atoms with Crippen LogP contribution in [-0.4, -0.2) is 48.7 Å². The molecular weight excluding hydrogens is 224 g/mol. The van der Waals surface area contributed by atoms with Gasteiger partial charge in [0.2, 0.25) is 0 Å². The number of carbonyl (C=O) groups excluding carboxylic acids is 1. The summed E-state index contributed by atoms with van der Waals surface area (Å²) in [5, 5.41) is 9.71. The van der Waals surface area contributed by atoms with Crippen LogP contribution in [-0.2, 0) is 19.0 Å². The summed E-state index contributed by atoms with van der Waals surface area (Å²) in [5.41, 5.74) is 0. The summed E-state index contributed by atoms with van der Waals surface area (Å²) in [4.78, 5) is 11.3. The minimum absolute atomic E-state index is 0.142. The lowest BCUT2D eigenvalue weighted by Crippen LogP contribution is -2.29. The summed E-state index contributed by atoms with van der Waals surface area (Å²) in [7, 11) is 1.33. The molecule has 0 bridgehead atoms. The Morgan fingerprint density at radius 3 is 2.82 bits per heavy atom. The topological polar surface area (TPSA) is 65.0 Å². The van der Waals surface area contributed by atoms with Crippen LogP contribution in [0.4, 0.5) is 0 Å². The van der Waals surface area contributed by atoms with Gasteiger partial charge >= 0.3 is 5.97 Å². The van der Waals surface area contributed by atoms with Crippen LogP contribution >= 0.6 is 0 Å². The first kappa shape index (κ1) is 12.4. The Kier molecular flexibility index (Phi) is 3.67. The Balaban J connectivity index is 1.87. The molecule has 2 aliphatic heterocycles. The quantitative estimate of drug-likeness (QED) is 0.549. The largest absolute Gasteiger partial charge is 0.467 e. The third kappa shape index (κ3) is 2.44. The maximum atomic E-state index is 11.3. The number of rotatable bonds is 3. The number of hydrogen-bond acceptors (Lipinski definition) is 5. The van der Waals surface area contributed by atoms with Crippen molar-refractivity contribution in [1.29, 1.82) is 0 Å². The van der Waals surface area contributed by atoms with E-state index in [4.69, 9.17) is 15.9 Å². The summed E-state index contributed by atoms with van der Waals surface area (Å²) in [6, 6.07) is 0. The molecule has 2 saturated heterocycles. The Bertz CT molecular complexity index is 320. The van der Waals surface area contributed by atoms with E-state index < -0.39 is 12.2 Å². The molecule has 0 saturated carbocycles. The Hall–Kier alpha value is -1.09. The van der Waals surface area contributed by atoms with Crippen LogP contribution in [0.15, 0.2) is 0 Å². The van der Waals surface area contributed by atoms with Crippen molar-refractivity contribution in [3.63, 3.8) is 0 Å². The Morgan fingerprint density at radius 2 is 2.24 bits per heavy atom. The van der Waals surface area contributed by atoms with Crippen molar-refractivity contribution in [2.24, 2.45) is 0 Å². The first-order chi connectivity index (χ1) is 8.15. The molecule has 2 heterocycles. The number of aliphatic hydroxyl groups is 1. The van der Waals surface area contributed by atoms with E-state index in [0.29, 0.717) is 12.8 Å². The lowest BCUT2D eigenvalue weighted by molar-refractivity contribution is -0.153. The highest BCUT2D eigenvalue weighted by molar-refractivity contribution is 5.75. The highest BCUT2D eigenvalue weighted by Crippen LogP contribution is 2.35. The minimum Gasteiger partial charge on any atom is -0.467 e. The molecule has 17 heavy (non-hydrogen) atoms. The standard InChI is InChI=1S/C12H16O5/c1-3-4-7(13)8-5-9-10(16-8)6-11(17-9)12(14)15-2/h1,7-11,13H,4-6H2,2H3/t7-,8+,9+,10+,11-/m1/s1. The molecule has 5 heteroatoms. The minimum atomic E-state index is -0.661. The molecule has 0 radical (unpaired) electrons. The number of fused-ring (bicyclic) bond motifs is 1. The highest BCUT2D eigenvalue weighted by Gasteiger charge is 2.48. The molecule has 0 aromatic rings. The molecule has 5 atom stereocenters. The van der Waals surface area contributed by atoms with E-state index in [-0.39, 0.29) is 30.7 Å². The molecule has 2 fully saturated rings. The van der Waals surface area contributed by atoms with E-state index in [1.54, 1.807) is 0 Å². The van der Waals surface area contributed by atoms with Gasteiger partial charge in [0.25, 0.3) is 0 Å². The van der Waals surface area contributed by atoms with Crippen molar-refractivity contribution in [1.82, 2.24) is 0 Å². The van der Waals surface area contributed by atoms with E-state index in [1.165, 1.54) is 7.11 Å². The zero-order valence-corrected chi connectivity index (χ0v) is 9.67. The number of hydrogen-bond donors (Lipinski definition) is 1. The van der Waals surface area contributed by atoms with Crippen LogP contribution in [0.3, 0.4) is 0 Å². The zero-order chi connectivity index (χ0) is 12.4. The summed E-state index contributed by atoms with van der Waals surface area (Å²) in [5.74, 6) is 2.03. The second-order valence-electron chi connectivity index (χ2n) is 4.35. The predicted octanol–water partition coefficient (Wildman–Crippen LogP) is -0.141. The number of terminal acetylenes is 1. The van der Waals surface area contributed by atoms with Crippen molar-refractivity contribution in [3.05, 3.63) is 0 Å². The summed E-state index contributed by atoms with van der Waals surface area (Å²) < 4.78 is 15.8. The molecule has 0 aromatic carbocycles. The fraction of sp³-hybridized carbons (Fsp3) is 0.750. The zero-order valence-electron chi connectivity index (χ0n) is 9.67. The molecule has 94 valence electrons. The van der Waals surface area contributed by atoms with E-state index in [0.717, 1.165) is 0 Å². The fourth-order valence-corrected chi connectivity index (χ4v) is 2.36. The lowest BCUT2D eigenvalue weighted by atomic mass is 10.1. The van der Waals surface area contributed by atoms with Gasteiger partial charge in [-0.2, -0.15) is 0 Å². The SMILES string of the molecule is C#CC[C@@H](O)[C@@H]1C[C@@H]2O[C@@H](C(=O)OC)C[C@@H]2O1. The van der Waals surface area contributed by atoms with Gasteiger partial charge in [0.05, 0.1) is 31.5 Å². The third-order valence-electron chi connectivity index (χ3n) is 3.23. The van der Waals surface area contributed by atoms with Crippen LogP contribution in [0.2, 0.25) is 0 Å². The van der Waals surface area contributed by atoms with Crippen LogP contribution < -0.4 is 0 Å².